The number of fused-ring (bicyclic) bond motifs is 1. The fourth-order valence-electron chi connectivity index (χ4n) is 3.05. The summed E-state index contributed by atoms with van der Waals surface area (Å²) in [6.07, 6.45) is 4.82. The molecule has 1 saturated carbocycles. The van der Waals surface area contributed by atoms with Crippen LogP contribution in [0, 0.1) is 5.92 Å². The second kappa shape index (κ2) is 7.75. The van der Waals surface area contributed by atoms with Crippen molar-refractivity contribution in [3.63, 3.8) is 0 Å². The number of carbonyl (C=O) groups is 1. The van der Waals surface area contributed by atoms with Crippen LogP contribution in [0.4, 0.5) is 0 Å². The van der Waals surface area contributed by atoms with Gasteiger partial charge in [0, 0.05) is 26.2 Å². The lowest BCUT2D eigenvalue weighted by atomic mass is 10.00. The summed E-state index contributed by atoms with van der Waals surface area (Å²) in [5.74, 6) is 0.958. The van der Waals surface area contributed by atoms with E-state index in [1.54, 1.807) is 0 Å². The van der Waals surface area contributed by atoms with Crippen LogP contribution in [0.1, 0.15) is 30.4 Å². The predicted octanol–water partition coefficient (Wildman–Crippen LogP) is 1.55. The molecule has 3 rings (SSSR count). The second-order valence-electron chi connectivity index (χ2n) is 6.57. The number of nitrogens with zero attached hydrogens (tertiary/aromatic N) is 1. The van der Waals surface area contributed by atoms with Gasteiger partial charge in [0.25, 0.3) is 0 Å². The summed E-state index contributed by atoms with van der Waals surface area (Å²) < 4.78 is 0. The summed E-state index contributed by atoms with van der Waals surface area (Å²) in [6, 6.07) is 8.72. The van der Waals surface area contributed by atoms with Crippen molar-refractivity contribution in [1.82, 2.24) is 15.5 Å². The molecule has 0 spiro atoms. The van der Waals surface area contributed by atoms with Gasteiger partial charge in [0.15, 0.2) is 0 Å². The van der Waals surface area contributed by atoms with Crippen LogP contribution in [0.25, 0.3) is 0 Å². The van der Waals surface area contributed by atoms with E-state index in [1.807, 2.05) is 0 Å². The summed E-state index contributed by atoms with van der Waals surface area (Å²) in [4.78, 5) is 14.2. The monoisotopic (exact) mass is 301 g/mol. The van der Waals surface area contributed by atoms with Crippen molar-refractivity contribution in [1.29, 1.82) is 0 Å². The highest BCUT2D eigenvalue weighted by atomic mass is 16.1. The predicted molar refractivity (Wildman–Crippen MR) is 88.6 cm³/mol. The van der Waals surface area contributed by atoms with Crippen LogP contribution in [-0.2, 0) is 17.8 Å². The first-order valence-electron chi connectivity index (χ1n) is 8.58. The maximum absolute atomic E-state index is 11.7. The molecule has 120 valence electrons. The van der Waals surface area contributed by atoms with Gasteiger partial charge in [0.1, 0.15) is 0 Å². The van der Waals surface area contributed by atoms with Crippen molar-refractivity contribution in [3.05, 3.63) is 35.4 Å². The Kier molecular flexibility index (Phi) is 5.46. The Morgan fingerprint density at radius 1 is 1.23 bits per heavy atom. The van der Waals surface area contributed by atoms with Crippen LogP contribution in [0.15, 0.2) is 24.3 Å². The molecule has 1 fully saturated rings. The van der Waals surface area contributed by atoms with E-state index >= 15 is 0 Å². The lowest BCUT2D eigenvalue weighted by Gasteiger charge is -2.28. The number of carbonyl (C=O) groups excluding carboxylic acids is 1. The number of amides is 1. The van der Waals surface area contributed by atoms with Crippen LogP contribution >= 0.6 is 0 Å². The molecule has 0 aromatic heterocycles. The molecule has 1 amide bonds. The fraction of sp³-hybridized carbons (Fsp3) is 0.611. The number of nitrogens with one attached hydrogen (secondary N) is 2. The molecular formula is C18H27N3O. The van der Waals surface area contributed by atoms with Gasteiger partial charge < -0.3 is 10.6 Å². The second-order valence-corrected chi connectivity index (χ2v) is 6.57. The molecule has 0 atom stereocenters. The summed E-state index contributed by atoms with van der Waals surface area (Å²) in [7, 11) is 0. The molecule has 0 saturated heterocycles. The highest BCUT2D eigenvalue weighted by Crippen LogP contribution is 2.27. The minimum atomic E-state index is 0.129. The molecule has 2 aliphatic rings. The Labute approximate surface area is 133 Å². The molecule has 1 aliphatic heterocycles. The van der Waals surface area contributed by atoms with Crippen LogP contribution in [0.5, 0.6) is 0 Å². The van der Waals surface area contributed by atoms with Crippen molar-refractivity contribution in [3.8, 4) is 0 Å². The smallest absolute Gasteiger partial charge is 0.233 e. The van der Waals surface area contributed by atoms with Crippen LogP contribution in [0.3, 0.4) is 0 Å². The van der Waals surface area contributed by atoms with Crippen molar-refractivity contribution >= 4 is 5.91 Å². The lowest BCUT2D eigenvalue weighted by molar-refractivity contribution is -0.120. The van der Waals surface area contributed by atoms with Crippen LogP contribution < -0.4 is 10.6 Å². The zero-order valence-corrected chi connectivity index (χ0v) is 13.3. The Balaban J connectivity index is 1.26. The molecule has 1 aromatic rings. The van der Waals surface area contributed by atoms with E-state index in [4.69, 9.17) is 0 Å². The van der Waals surface area contributed by atoms with E-state index in [0.29, 0.717) is 6.54 Å². The van der Waals surface area contributed by atoms with E-state index in [0.717, 1.165) is 51.5 Å². The standard InChI is InChI=1S/C18H27N3O/c22-18(13-19-12-15-6-7-15)20-9-3-10-21-11-8-16-4-1-2-5-17(16)14-21/h1-2,4-5,15,19H,3,6-14H2,(H,20,22). The number of hydrogen-bond donors (Lipinski definition) is 2. The molecule has 0 radical (unpaired) electrons. The van der Waals surface area contributed by atoms with Gasteiger partial charge in [-0.3, -0.25) is 9.69 Å². The topological polar surface area (TPSA) is 44.4 Å². The van der Waals surface area contributed by atoms with E-state index in [-0.39, 0.29) is 5.91 Å². The molecule has 0 unspecified atom stereocenters. The van der Waals surface area contributed by atoms with E-state index in [1.165, 1.54) is 24.0 Å². The van der Waals surface area contributed by atoms with Gasteiger partial charge in [-0.25, -0.2) is 0 Å². The third-order valence-electron chi connectivity index (χ3n) is 4.60. The Morgan fingerprint density at radius 3 is 2.86 bits per heavy atom. The van der Waals surface area contributed by atoms with Crippen LogP contribution in [-0.4, -0.2) is 43.5 Å². The highest BCUT2D eigenvalue weighted by Gasteiger charge is 2.20. The van der Waals surface area contributed by atoms with Gasteiger partial charge in [-0.05, 0) is 49.3 Å². The first kappa shape index (κ1) is 15.5. The molecule has 1 heterocycles. The SMILES string of the molecule is O=C(CNCC1CC1)NCCCN1CCc2ccccc2C1. The molecule has 0 bridgehead atoms. The lowest BCUT2D eigenvalue weighted by Crippen LogP contribution is -2.37. The van der Waals surface area contributed by atoms with E-state index in [2.05, 4.69) is 39.8 Å². The van der Waals surface area contributed by atoms with Crippen molar-refractivity contribution in [2.75, 3.05) is 32.7 Å². The summed E-state index contributed by atoms with van der Waals surface area (Å²) >= 11 is 0. The average Bonchev–Trinajstić information content (AvgIpc) is 3.36. The summed E-state index contributed by atoms with van der Waals surface area (Å²) in [5.41, 5.74) is 2.95. The van der Waals surface area contributed by atoms with E-state index in [9.17, 15) is 4.79 Å². The maximum atomic E-state index is 11.7. The number of benzene rings is 1. The first-order chi connectivity index (χ1) is 10.8. The highest BCUT2D eigenvalue weighted by molar-refractivity contribution is 5.77. The minimum absolute atomic E-state index is 0.129. The molecule has 4 heteroatoms. The number of rotatable bonds is 8. The Hall–Kier alpha value is -1.39. The number of hydrogen-bond acceptors (Lipinski definition) is 3. The molecule has 2 N–H and O–H groups in total. The van der Waals surface area contributed by atoms with Crippen molar-refractivity contribution < 1.29 is 4.79 Å². The zero-order valence-electron chi connectivity index (χ0n) is 13.3. The molecule has 22 heavy (non-hydrogen) atoms. The largest absolute Gasteiger partial charge is 0.355 e. The van der Waals surface area contributed by atoms with Crippen LogP contribution in [0.2, 0.25) is 0 Å². The quantitative estimate of drug-likeness (QED) is 0.716. The van der Waals surface area contributed by atoms with Gasteiger partial charge in [-0.15, -0.1) is 0 Å². The fourth-order valence-corrected chi connectivity index (χ4v) is 3.05. The van der Waals surface area contributed by atoms with Crippen molar-refractivity contribution in [2.45, 2.75) is 32.2 Å². The Bertz CT molecular complexity index is 499. The Morgan fingerprint density at radius 2 is 2.05 bits per heavy atom. The molecular weight excluding hydrogens is 274 g/mol. The normalized spacial score (nSPS) is 18.0. The third kappa shape index (κ3) is 4.82. The molecule has 4 nitrogen and oxygen atoms in total. The van der Waals surface area contributed by atoms with Gasteiger partial charge in [0.05, 0.1) is 6.54 Å². The molecule has 1 aromatic carbocycles. The summed E-state index contributed by atoms with van der Waals surface area (Å²) in [6.45, 7) is 5.49. The average molecular weight is 301 g/mol. The van der Waals surface area contributed by atoms with Gasteiger partial charge in [-0.1, -0.05) is 24.3 Å². The zero-order chi connectivity index (χ0) is 15.2. The summed E-state index contributed by atoms with van der Waals surface area (Å²) in [5, 5.41) is 6.23. The van der Waals surface area contributed by atoms with Gasteiger partial charge in [-0.2, -0.15) is 0 Å². The third-order valence-corrected chi connectivity index (χ3v) is 4.60. The maximum Gasteiger partial charge on any atom is 0.233 e. The minimum Gasteiger partial charge on any atom is -0.355 e. The van der Waals surface area contributed by atoms with Crippen molar-refractivity contribution in [2.24, 2.45) is 5.92 Å². The van der Waals surface area contributed by atoms with Gasteiger partial charge >= 0.3 is 0 Å². The first-order valence-corrected chi connectivity index (χ1v) is 8.58. The van der Waals surface area contributed by atoms with Gasteiger partial charge in [0.2, 0.25) is 5.91 Å². The molecule has 1 aliphatic carbocycles. The van der Waals surface area contributed by atoms with E-state index < -0.39 is 0 Å².